The summed E-state index contributed by atoms with van der Waals surface area (Å²) in [5.74, 6) is 5.44. The largest absolute Gasteiger partial charge is 0.307 e. The molecule has 0 aliphatic heterocycles. The third kappa shape index (κ3) is 2.57. The standard InChI is InChI=1S/C8H15N3S/c1-11(2)5-8(10-9)7-3-4-12-6-7/h3-4,6,8,10H,5,9H2,1-2H3. The molecule has 0 aliphatic rings. The fraction of sp³-hybridized carbons (Fsp3) is 0.500. The minimum atomic E-state index is 0.242. The zero-order valence-corrected chi connectivity index (χ0v) is 8.27. The van der Waals surface area contributed by atoms with E-state index in [9.17, 15) is 0 Å². The lowest BCUT2D eigenvalue weighted by Crippen LogP contribution is -2.35. The Hall–Kier alpha value is -0.420. The summed E-state index contributed by atoms with van der Waals surface area (Å²) in [5, 5.41) is 4.18. The van der Waals surface area contributed by atoms with E-state index in [0.29, 0.717) is 0 Å². The van der Waals surface area contributed by atoms with Gasteiger partial charge >= 0.3 is 0 Å². The molecule has 0 radical (unpaired) electrons. The third-order valence-corrected chi connectivity index (χ3v) is 2.40. The SMILES string of the molecule is CN(C)CC(NN)c1ccsc1. The summed E-state index contributed by atoms with van der Waals surface area (Å²) < 4.78 is 0. The lowest BCUT2D eigenvalue weighted by Gasteiger charge is -2.19. The molecule has 3 N–H and O–H groups in total. The van der Waals surface area contributed by atoms with Crippen LogP contribution in [0.25, 0.3) is 0 Å². The van der Waals surface area contributed by atoms with Crippen molar-refractivity contribution in [2.75, 3.05) is 20.6 Å². The Balaban J connectivity index is 2.57. The number of nitrogens with two attached hydrogens (primary N) is 1. The van der Waals surface area contributed by atoms with Crippen molar-refractivity contribution in [1.82, 2.24) is 10.3 Å². The van der Waals surface area contributed by atoms with Crippen LogP contribution in [0.4, 0.5) is 0 Å². The number of hydrazine groups is 1. The lowest BCUT2D eigenvalue weighted by molar-refractivity contribution is 0.345. The van der Waals surface area contributed by atoms with Gasteiger partial charge in [-0.15, -0.1) is 0 Å². The van der Waals surface area contributed by atoms with E-state index in [4.69, 9.17) is 5.84 Å². The third-order valence-electron chi connectivity index (χ3n) is 1.69. The van der Waals surface area contributed by atoms with Crippen molar-refractivity contribution >= 4 is 11.3 Å². The smallest absolute Gasteiger partial charge is 0.0594 e. The van der Waals surface area contributed by atoms with E-state index in [-0.39, 0.29) is 6.04 Å². The molecule has 0 fully saturated rings. The van der Waals surface area contributed by atoms with Crippen molar-refractivity contribution in [3.8, 4) is 0 Å². The molecule has 0 aromatic carbocycles. The topological polar surface area (TPSA) is 41.3 Å². The highest BCUT2D eigenvalue weighted by molar-refractivity contribution is 7.07. The molecule has 0 aliphatic carbocycles. The summed E-state index contributed by atoms with van der Waals surface area (Å²) >= 11 is 1.70. The van der Waals surface area contributed by atoms with Crippen LogP contribution in [0.15, 0.2) is 16.8 Å². The fourth-order valence-corrected chi connectivity index (χ4v) is 1.81. The molecule has 1 rings (SSSR count). The van der Waals surface area contributed by atoms with E-state index in [0.717, 1.165) is 6.54 Å². The first-order valence-corrected chi connectivity index (χ1v) is 4.81. The highest BCUT2D eigenvalue weighted by atomic mass is 32.1. The first-order valence-electron chi connectivity index (χ1n) is 3.87. The van der Waals surface area contributed by atoms with Crippen LogP contribution in [0.3, 0.4) is 0 Å². The van der Waals surface area contributed by atoms with Crippen LogP contribution in [0, 0.1) is 0 Å². The van der Waals surface area contributed by atoms with Gasteiger partial charge in [-0.2, -0.15) is 11.3 Å². The van der Waals surface area contributed by atoms with E-state index in [1.807, 2.05) is 14.1 Å². The molecule has 0 bridgehead atoms. The molecule has 68 valence electrons. The van der Waals surface area contributed by atoms with Crippen LogP contribution in [0.5, 0.6) is 0 Å². The van der Waals surface area contributed by atoms with Crippen molar-refractivity contribution in [1.29, 1.82) is 0 Å². The predicted octanol–water partition coefficient (Wildman–Crippen LogP) is 0.814. The molecule has 0 saturated carbocycles. The van der Waals surface area contributed by atoms with Crippen LogP contribution in [-0.2, 0) is 0 Å². The zero-order valence-electron chi connectivity index (χ0n) is 7.45. The van der Waals surface area contributed by atoms with Gasteiger partial charge < -0.3 is 4.90 Å². The van der Waals surface area contributed by atoms with Gasteiger partial charge in [-0.25, -0.2) is 0 Å². The van der Waals surface area contributed by atoms with Crippen LogP contribution < -0.4 is 11.3 Å². The van der Waals surface area contributed by atoms with Crippen molar-refractivity contribution in [3.05, 3.63) is 22.4 Å². The summed E-state index contributed by atoms with van der Waals surface area (Å²) in [5.41, 5.74) is 4.06. The number of rotatable bonds is 4. The van der Waals surface area contributed by atoms with Gasteiger partial charge in [-0.3, -0.25) is 11.3 Å². The van der Waals surface area contributed by atoms with Gasteiger partial charge in [0.1, 0.15) is 0 Å². The van der Waals surface area contributed by atoms with Crippen molar-refractivity contribution < 1.29 is 0 Å². The van der Waals surface area contributed by atoms with Crippen LogP contribution >= 0.6 is 11.3 Å². The molecular formula is C8H15N3S. The van der Waals surface area contributed by atoms with Gasteiger partial charge in [0.2, 0.25) is 0 Å². The normalized spacial score (nSPS) is 13.7. The highest BCUT2D eigenvalue weighted by Crippen LogP contribution is 2.15. The number of thiophene rings is 1. The second-order valence-electron chi connectivity index (χ2n) is 3.04. The lowest BCUT2D eigenvalue weighted by atomic mass is 10.1. The summed E-state index contributed by atoms with van der Waals surface area (Å²) in [6.45, 7) is 0.924. The number of nitrogens with one attached hydrogen (secondary N) is 1. The second kappa shape index (κ2) is 4.57. The summed E-state index contributed by atoms with van der Waals surface area (Å²) in [4.78, 5) is 2.11. The van der Waals surface area contributed by atoms with E-state index >= 15 is 0 Å². The Bertz CT molecular complexity index is 208. The van der Waals surface area contributed by atoms with Gasteiger partial charge in [0.15, 0.2) is 0 Å². The molecule has 1 unspecified atom stereocenters. The second-order valence-corrected chi connectivity index (χ2v) is 3.82. The molecule has 1 aromatic rings. The molecule has 12 heavy (non-hydrogen) atoms. The minimum Gasteiger partial charge on any atom is -0.307 e. The summed E-state index contributed by atoms with van der Waals surface area (Å²) in [6, 6.07) is 2.34. The highest BCUT2D eigenvalue weighted by Gasteiger charge is 2.09. The van der Waals surface area contributed by atoms with E-state index in [1.54, 1.807) is 11.3 Å². The molecule has 3 nitrogen and oxygen atoms in total. The molecule has 0 saturated heterocycles. The molecular weight excluding hydrogens is 170 g/mol. The molecule has 1 heterocycles. The first-order chi connectivity index (χ1) is 5.74. The Morgan fingerprint density at radius 3 is 2.83 bits per heavy atom. The maximum absolute atomic E-state index is 5.44. The van der Waals surface area contributed by atoms with Crippen molar-refractivity contribution in [2.45, 2.75) is 6.04 Å². The quantitative estimate of drug-likeness (QED) is 0.539. The first kappa shape index (κ1) is 9.67. The number of likely N-dealkylation sites (N-methyl/N-ethyl adjacent to an activating group) is 1. The average molecular weight is 185 g/mol. The van der Waals surface area contributed by atoms with Gasteiger partial charge in [0.05, 0.1) is 6.04 Å². The molecule has 1 aromatic heterocycles. The predicted molar refractivity (Wildman–Crippen MR) is 52.9 cm³/mol. The van der Waals surface area contributed by atoms with Gasteiger partial charge in [0, 0.05) is 6.54 Å². The zero-order chi connectivity index (χ0) is 8.97. The van der Waals surface area contributed by atoms with Gasteiger partial charge in [-0.1, -0.05) is 0 Å². The van der Waals surface area contributed by atoms with Gasteiger partial charge in [0.25, 0.3) is 0 Å². The molecule has 1 atom stereocenters. The Labute approximate surface area is 77.2 Å². The molecule has 0 amide bonds. The summed E-state index contributed by atoms with van der Waals surface area (Å²) in [7, 11) is 4.08. The van der Waals surface area contributed by atoms with Crippen LogP contribution in [0.2, 0.25) is 0 Å². The van der Waals surface area contributed by atoms with Crippen LogP contribution in [0.1, 0.15) is 11.6 Å². The molecule has 0 spiro atoms. The van der Waals surface area contributed by atoms with E-state index < -0.39 is 0 Å². The number of hydrogen-bond acceptors (Lipinski definition) is 4. The van der Waals surface area contributed by atoms with E-state index in [1.165, 1.54) is 5.56 Å². The minimum absolute atomic E-state index is 0.242. The maximum Gasteiger partial charge on any atom is 0.0594 e. The van der Waals surface area contributed by atoms with E-state index in [2.05, 4.69) is 27.2 Å². The van der Waals surface area contributed by atoms with Gasteiger partial charge in [-0.05, 0) is 36.5 Å². The monoisotopic (exact) mass is 185 g/mol. The Morgan fingerprint density at radius 2 is 2.42 bits per heavy atom. The Morgan fingerprint density at radius 1 is 1.67 bits per heavy atom. The van der Waals surface area contributed by atoms with Crippen LogP contribution in [-0.4, -0.2) is 25.5 Å². The van der Waals surface area contributed by atoms with Crippen molar-refractivity contribution in [2.24, 2.45) is 5.84 Å². The molecule has 4 heteroatoms. The maximum atomic E-state index is 5.44. The fourth-order valence-electron chi connectivity index (χ4n) is 1.09. The Kier molecular flexibility index (Phi) is 3.68. The number of hydrogen-bond donors (Lipinski definition) is 2. The number of nitrogens with zero attached hydrogens (tertiary/aromatic N) is 1. The average Bonchev–Trinajstić information content (AvgIpc) is 2.51. The summed E-state index contributed by atoms with van der Waals surface area (Å²) in [6.07, 6.45) is 0. The van der Waals surface area contributed by atoms with Crippen molar-refractivity contribution in [3.63, 3.8) is 0 Å².